The minimum Gasteiger partial charge on any atom is -0.355 e. The van der Waals surface area contributed by atoms with Gasteiger partial charge >= 0.3 is 0 Å². The zero-order valence-electron chi connectivity index (χ0n) is 12.6. The summed E-state index contributed by atoms with van der Waals surface area (Å²) in [7, 11) is 0. The van der Waals surface area contributed by atoms with Gasteiger partial charge in [0, 0.05) is 13.1 Å². The normalized spacial score (nSPS) is 11.8. The Balaban J connectivity index is 2.31. The summed E-state index contributed by atoms with van der Waals surface area (Å²) in [6.07, 6.45) is 2.94. The summed E-state index contributed by atoms with van der Waals surface area (Å²) < 4.78 is 0. The Morgan fingerprint density at radius 2 is 1.90 bits per heavy atom. The summed E-state index contributed by atoms with van der Waals surface area (Å²) in [5.41, 5.74) is 7.81. The van der Waals surface area contributed by atoms with Gasteiger partial charge in [0.2, 0.25) is 0 Å². The molecule has 0 bridgehead atoms. The maximum atomic E-state index is 5.86. The molecule has 0 spiro atoms. The van der Waals surface area contributed by atoms with Crippen molar-refractivity contribution < 1.29 is 0 Å². The van der Waals surface area contributed by atoms with E-state index in [1.54, 1.807) is 0 Å². The number of para-hydroxylation sites is 2. The van der Waals surface area contributed by atoms with Crippen LogP contribution >= 0.6 is 0 Å². The molecule has 0 aliphatic carbocycles. The highest BCUT2D eigenvalue weighted by atomic mass is 15.2. The average molecular weight is 272 g/mol. The van der Waals surface area contributed by atoms with E-state index in [4.69, 9.17) is 10.7 Å². The van der Waals surface area contributed by atoms with Gasteiger partial charge in [-0.2, -0.15) is 0 Å². The number of benzene rings is 1. The molecular weight excluding hydrogens is 248 g/mol. The van der Waals surface area contributed by atoms with Crippen molar-refractivity contribution in [3.05, 3.63) is 30.5 Å². The first-order valence-corrected chi connectivity index (χ1v) is 7.22. The standard InChI is InChI=1S/C16H24N4/c1-4-9-20(12-16(2,3)11-17)15-10-18-13-7-5-6-8-14(13)19-15/h5-8,10H,4,9,11-12,17H2,1-3H3. The van der Waals surface area contributed by atoms with Gasteiger partial charge in [-0.25, -0.2) is 4.98 Å². The first kappa shape index (κ1) is 14.7. The first-order valence-electron chi connectivity index (χ1n) is 7.22. The second-order valence-electron chi connectivity index (χ2n) is 6.01. The van der Waals surface area contributed by atoms with E-state index in [2.05, 4.69) is 30.7 Å². The molecule has 0 unspecified atom stereocenters. The molecule has 2 rings (SSSR count). The van der Waals surface area contributed by atoms with Crippen molar-refractivity contribution >= 4 is 16.9 Å². The summed E-state index contributed by atoms with van der Waals surface area (Å²) in [4.78, 5) is 11.5. The molecule has 1 aromatic heterocycles. The van der Waals surface area contributed by atoms with Crippen LogP contribution < -0.4 is 10.6 Å². The predicted molar refractivity (Wildman–Crippen MR) is 84.9 cm³/mol. The summed E-state index contributed by atoms with van der Waals surface area (Å²) >= 11 is 0. The van der Waals surface area contributed by atoms with Crippen LogP contribution in [0.2, 0.25) is 0 Å². The van der Waals surface area contributed by atoms with E-state index in [0.29, 0.717) is 6.54 Å². The van der Waals surface area contributed by atoms with Crippen LogP contribution in [0.3, 0.4) is 0 Å². The topological polar surface area (TPSA) is 55.0 Å². The minimum absolute atomic E-state index is 0.0719. The third-order valence-corrected chi connectivity index (χ3v) is 3.42. The highest BCUT2D eigenvalue weighted by Crippen LogP contribution is 2.21. The van der Waals surface area contributed by atoms with Crippen molar-refractivity contribution in [2.45, 2.75) is 27.2 Å². The van der Waals surface area contributed by atoms with Crippen LogP contribution in [0.1, 0.15) is 27.2 Å². The third-order valence-electron chi connectivity index (χ3n) is 3.42. The predicted octanol–water partition coefficient (Wildman–Crippen LogP) is 2.83. The van der Waals surface area contributed by atoms with Gasteiger partial charge in [0.15, 0.2) is 0 Å². The number of anilines is 1. The number of nitrogens with zero attached hydrogens (tertiary/aromatic N) is 3. The minimum atomic E-state index is 0.0719. The van der Waals surface area contributed by atoms with Crippen LogP contribution in [0.4, 0.5) is 5.82 Å². The van der Waals surface area contributed by atoms with Gasteiger partial charge in [-0.3, -0.25) is 4.98 Å². The number of fused-ring (bicyclic) bond motifs is 1. The molecule has 1 aromatic carbocycles. The monoisotopic (exact) mass is 272 g/mol. The molecule has 4 nitrogen and oxygen atoms in total. The average Bonchev–Trinajstić information content (AvgIpc) is 2.46. The molecule has 2 aromatic rings. The summed E-state index contributed by atoms with van der Waals surface area (Å²) in [6, 6.07) is 7.97. The molecule has 0 atom stereocenters. The lowest BCUT2D eigenvalue weighted by molar-refractivity contribution is 0.376. The second-order valence-corrected chi connectivity index (χ2v) is 6.01. The van der Waals surface area contributed by atoms with E-state index in [0.717, 1.165) is 36.4 Å². The Bertz CT molecular complexity index is 565. The molecule has 1 heterocycles. The van der Waals surface area contributed by atoms with E-state index in [-0.39, 0.29) is 5.41 Å². The van der Waals surface area contributed by atoms with Crippen LogP contribution in [0, 0.1) is 5.41 Å². The quantitative estimate of drug-likeness (QED) is 0.878. The maximum absolute atomic E-state index is 5.86. The molecule has 0 radical (unpaired) electrons. The van der Waals surface area contributed by atoms with E-state index in [1.165, 1.54) is 0 Å². The molecule has 20 heavy (non-hydrogen) atoms. The van der Waals surface area contributed by atoms with Gasteiger partial charge < -0.3 is 10.6 Å². The first-order chi connectivity index (χ1) is 9.55. The lowest BCUT2D eigenvalue weighted by atomic mass is 9.93. The van der Waals surface area contributed by atoms with E-state index in [1.807, 2.05) is 30.5 Å². The number of aromatic nitrogens is 2. The SMILES string of the molecule is CCCN(CC(C)(C)CN)c1cnc2ccccc2n1. The van der Waals surface area contributed by atoms with Gasteiger partial charge in [-0.05, 0) is 30.5 Å². The fraction of sp³-hybridized carbons (Fsp3) is 0.500. The van der Waals surface area contributed by atoms with Crippen LogP contribution in [0.15, 0.2) is 30.5 Å². The van der Waals surface area contributed by atoms with E-state index >= 15 is 0 Å². The van der Waals surface area contributed by atoms with Gasteiger partial charge in [0.1, 0.15) is 5.82 Å². The zero-order valence-corrected chi connectivity index (χ0v) is 12.6. The molecule has 0 aliphatic heterocycles. The molecule has 0 fully saturated rings. The number of hydrogen-bond donors (Lipinski definition) is 1. The zero-order chi connectivity index (χ0) is 14.6. The Labute approximate surface area is 121 Å². The van der Waals surface area contributed by atoms with Crippen LogP contribution in [0.5, 0.6) is 0 Å². The van der Waals surface area contributed by atoms with Crippen molar-refractivity contribution in [2.75, 3.05) is 24.5 Å². The lowest BCUT2D eigenvalue weighted by Crippen LogP contribution is -2.39. The molecular formula is C16H24N4. The lowest BCUT2D eigenvalue weighted by Gasteiger charge is -2.32. The molecule has 0 aliphatic rings. The van der Waals surface area contributed by atoms with Gasteiger partial charge in [0.25, 0.3) is 0 Å². The van der Waals surface area contributed by atoms with Crippen molar-refractivity contribution in [3.63, 3.8) is 0 Å². The Hall–Kier alpha value is -1.68. The Morgan fingerprint density at radius 1 is 1.20 bits per heavy atom. The number of nitrogens with two attached hydrogens (primary N) is 1. The molecule has 0 saturated carbocycles. The van der Waals surface area contributed by atoms with E-state index in [9.17, 15) is 0 Å². The highest BCUT2D eigenvalue weighted by molar-refractivity contribution is 5.75. The second kappa shape index (κ2) is 6.18. The molecule has 0 saturated heterocycles. The van der Waals surface area contributed by atoms with Crippen LogP contribution in [-0.4, -0.2) is 29.6 Å². The molecule has 2 N–H and O–H groups in total. The summed E-state index contributed by atoms with van der Waals surface area (Å²) in [5.74, 6) is 0.937. The number of rotatable bonds is 6. The third kappa shape index (κ3) is 3.45. The fourth-order valence-corrected chi connectivity index (χ4v) is 2.23. The summed E-state index contributed by atoms with van der Waals surface area (Å²) in [6.45, 7) is 9.07. The van der Waals surface area contributed by atoms with Gasteiger partial charge in [0.05, 0.1) is 17.2 Å². The highest BCUT2D eigenvalue weighted by Gasteiger charge is 2.21. The van der Waals surface area contributed by atoms with Crippen molar-refractivity contribution in [1.82, 2.24) is 9.97 Å². The van der Waals surface area contributed by atoms with Crippen molar-refractivity contribution in [2.24, 2.45) is 11.1 Å². The Kier molecular flexibility index (Phi) is 4.55. The largest absolute Gasteiger partial charge is 0.355 e. The Morgan fingerprint density at radius 3 is 2.55 bits per heavy atom. The van der Waals surface area contributed by atoms with Crippen molar-refractivity contribution in [1.29, 1.82) is 0 Å². The molecule has 4 heteroatoms. The molecule has 108 valence electrons. The smallest absolute Gasteiger partial charge is 0.147 e. The number of hydrogen-bond acceptors (Lipinski definition) is 4. The van der Waals surface area contributed by atoms with E-state index < -0.39 is 0 Å². The van der Waals surface area contributed by atoms with Gasteiger partial charge in [-0.1, -0.05) is 32.9 Å². The molecule has 0 amide bonds. The van der Waals surface area contributed by atoms with Crippen LogP contribution in [-0.2, 0) is 0 Å². The maximum Gasteiger partial charge on any atom is 0.147 e. The van der Waals surface area contributed by atoms with Crippen LogP contribution in [0.25, 0.3) is 11.0 Å². The van der Waals surface area contributed by atoms with Gasteiger partial charge in [-0.15, -0.1) is 0 Å². The summed E-state index contributed by atoms with van der Waals surface area (Å²) in [5, 5.41) is 0. The van der Waals surface area contributed by atoms with Crippen molar-refractivity contribution in [3.8, 4) is 0 Å². The fourth-order valence-electron chi connectivity index (χ4n) is 2.23.